The Bertz CT molecular complexity index is 696. The Morgan fingerprint density at radius 3 is 2.14 bits per heavy atom. The molecule has 0 aliphatic heterocycles. The fourth-order valence-electron chi connectivity index (χ4n) is 1.77. The molecule has 0 fully saturated rings. The minimum atomic E-state index is -4.77. The van der Waals surface area contributed by atoms with Crippen molar-refractivity contribution in [2.45, 2.75) is 6.18 Å². The van der Waals surface area contributed by atoms with Crippen molar-refractivity contribution in [3.63, 3.8) is 0 Å². The van der Waals surface area contributed by atoms with Gasteiger partial charge in [-0.25, -0.2) is 0 Å². The molecule has 0 amide bonds. The van der Waals surface area contributed by atoms with E-state index >= 15 is 0 Å². The zero-order chi connectivity index (χ0) is 15.6. The molecular weight excluding hydrogens is 287 g/mol. The Labute approximate surface area is 117 Å². The Kier molecular flexibility index (Phi) is 3.75. The lowest BCUT2D eigenvalue weighted by Gasteiger charge is -2.08. The summed E-state index contributed by atoms with van der Waals surface area (Å²) in [7, 11) is 0. The van der Waals surface area contributed by atoms with Crippen molar-refractivity contribution in [3.05, 3.63) is 75.3 Å². The normalized spacial score (nSPS) is 11.2. The van der Waals surface area contributed by atoms with Gasteiger partial charge in [0.25, 0.3) is 5.69 Å². The summed E-state index contributed by atoms with van der Waals surface area (Å²) in [6, 6.07) is 9.45. The summed E-state index contributed by atoms with van der Waals surface area (Å²) in [6.45, 7) is 0. The molecule has 0 radical (unpaired) electrons. The number of non-ortho nitro benzene ring substituents is 1. The molecule has 0 unspecified atom stereocenters. The van der Waals surface area contributed by atoms with Crippen LogP contribution in [-0.2, 0) is 6.18 Å². The molecule has 0 aliphatic carbocycles. The van der Waals surface area contributed by atoms with Crippen LogP contribution in [0.4, 0.5) is 18.9 Å². The van der Waals surface area contributed by atoms with Crippen molar-refractivity contribution >= 4 is 11.5 Å². The quantitative estimate of drug-likeness (QED) is 0.491. The highest BCUT2D eigenvalue weighted by molar-refractivity contribution is 6.09. The van der Waals surface area contributed by atoms with Crippen molar-refractivity contribution in [2.24, 2.45) is 0 Å². The highest BCUT2D eigenvalue weighted by Crippen LogP contribution is 2.33. The lowest BCUT2D eigenvalue weighted by atomic mass is 10.0. The highest BCUT2D eigenvalue weighted by atomic mass is 19.4. The lowest BCUT2D eigenvalue weighted by Crippen LogP contribution is -2.09. The van der Waals surface area contributed by atoms with Crippen LogP contribution in [0.5, 0.6) is 0 Å². The molecule has 0 aromatic heterocycles. The maximum Gasteiger partial charge on any atom is 0.416 e. The molecule has 0 atom stereocenters. The number of carbonyl (C=O) groups excluding carboxylic acids is 1. The van der Waals surface area contributed by atoms with Gasteiger partial charge in [-0.1, -0.05) is 30.3 Å². The molecule has 0 saturated carbocycles. The second-order valence-corrected chi connectivity index (χ2v) is 4.22. The van der Waals surface area contributed by atoms with Crippen molar-refractivity contribution < 1.29 is 22.9 Å². The third-order valence-corrected chi connectivity index (χ3v) is 2.75. The van der Waals surface area contributed by atoms with Crippen LogP contribution in [0.15, 0.2) is 48.5 Å². The molecule has 2 aromatic rings. The van der Waals surface area contributed by atoms with E-state index in [2.05, 4.69) is 0 Å². The standard InChI is InChI=1S/C14H8F3NO3/c15-14(16,17)11-6-10(7-12(8-11)18(20)21)13(19)9-4-2-1-3-5-9/h1-8H. The van der Waals surface area contributed by atoms with Gasteiger partial charge in [-0.3, -0.25) is 14.9 Å². The molecule has 2 aromatic carbocycles. The predicted molar refractivity (Wildman–Crippen MR) is 68.0 cm³/mol. The van der Waals surface area contributed by atoms with Crippen LogP contribution in [-0.4, -0.2) is 10.7 Å². The number of ketones is 1. The Balaban J connectivity index is 2.56. The summed E-state index contributed by atoms with van der Waals surface area (Å²) >= 11 is 0. The van der Waals surface area contributed by atoms with Crippen LogP contribution in [0.25, 0.3) is 0 Å². The van der Waals surface area contributed by atoms with E-state index in [1.165, 1.54) is 12.1 Å². The van der Waals surface area contributed by atoms with Crippen LogP contribution >= 0.6 is 0 Å². The Morgan fingerprint density at radius 2 is 1.62 bits per heavy atom. The van der Waals surface area contributed by atoms with Gasteiger partial charge in [0, 0.05) is 23.3 Å². The van der Waals surface area contributed by atoms with Crippen LogP contribution < -0.4 is 0 Å². The first-order valence-electron chi connectivity index (χ1n) is 5.75. The largest absolute Gasteiger partial charge is 0.416 e. The van der Waals surface area contributed by atoms with E-state index in [1.54, 1.807) is 18.2 Å². The Hall–Kier alpha value is -2.70. The number of rotatable bonds is 3. The van der Waals surface area contributed by atoms with Gasteiger partial charge in [-0.2, -0.15) is 13.2 Å². The van der Waals surface area contributed by atoms with E-state index < -0.39 is 28.1 Å². The number of benzene rings is 2. The molecule has 2 rings (SSSR count). The third kappa shape index (κ3) is 3.25. The fourth-order valence-corrected chi connectivity index (χ4v) is 1.77. The third-order valence-electron chi connectivity index (χ3n) is 2.75. The number of hydrogen-bond acceptors (Lipinski definition) is 3. The number of carbonyl (C=O) groups is 1. The molecule has 0 saturated heterocycles. The zero-order valence-corrected chi connectivity index (χ0v) is 10.4. The van der Waals surface area contributed by atoms with Gasteiger partial charge in [-0.15, -0.1) is 0 Å². The number of halogens is 3. The van der Waals surface area contributed by atoms with Crippen molar-refractivity contribution in [3.8, 4) is 0 Å². The van der Waals surface area contributed by atoms with Crippen LogP contribution in [0.2, 0.25) is 0 Å². The van der Waals surface area contributed by atoms with Gasteiger partial charge in [0.05, 0.1) is 10.5 Å². The first-order valence-corrected chi connectivity index (χ1v) is 5.75. The summed E-state index contributed by atoms with van der Waals surface area (Å²) < 4.78 is 38.2. The molecule has 21 heavy (non-hydrogen) atoms. The van der Waals surface area contributed by atoms with E-state index in [4.69, 9.17) is 0 Å². The number of nitro groups is 1. The summed E-state index contributed by atoms with van der Waals surface area (Å²) in [5.41, 5.74) is -2.21. The molecule has 0 bridgehead atoms. The van der Waals surface area contributed by atoms with Gasteiger partial charge >= 0.3 is 6.18 Å². The van der Waals surface area contributed by atoms with E-state index in [0.29, 0.717) is 12.1 Å². The van der Waals surface area contributed by atoms with Gasteiger partial charge in [0.15, 0.2) is 5.78 Å². The molecule has 4 nitrogen and oxygen atoms in total. The second kappa shape index (κ2) is 5.35. The first-order chi connectivity index (χ1) is 9.79. The molecular formula is C14H8F3NO3. The number of hydrogen-bond donors (Lipinski definition) is 0. The lowest BCUT2D eigenvalue weighted by molar-refractivity contribution is -0.385. The van der Waals surface area contributed by atoms with Gasteiger partial charge < -0.3 is 0 Å². The van der Waals surface area contributed by atoms with E-state index in [0.717, 1.165) is 6.07 Å². The smallest absolute Gasteiger partial charge is 0.289 e. The van der Waals surface area contributed by atoms with Crippen LogP contribution in [0, 0.1) is 10.1 Å². The van der Waals surface area contributed by atoms with Crippen LogP contribution in [0.3, 0.4) is 0 Å². The number of nitrogens with zero attached hydrogens (tertiary/aromatic N) is 1. The van der Waals surface area contributed by atoms with E-state index in [9.17, 15) is 28.1 Å². The minimum Gasteiger partial charge on any atom is -0.289 e. The summed E-state index contributed by atoms with van der Waals surface area (Å²) in [5, 5.41) is 10.7. The summed E-state index contributed by atoms with van der Waals surface area (Å²) in [4.78, 5) is 21.9. The van der Waals surface area contributed by atoms with E-state index in [1.807, 2.05) is 0 Å². The second-order valence-electron chi connectivity index (χ2n) is 4.22. The van der Waals surface area contributed by atoms with Gasteiger partial charge in [-0.05, 0) is 6.07 Å². The monoisotopic (exact) mass is 295 g/mol. The van der Waals surface area contributed by atoms with Crippen molar-refractivity contribution in [1.29, 1.82) is 0 Å². The van der Waals surface area contributed by atoms with Gasteiger partial charge in [0.2, 0.25) is 0 Å². The summed E-state index contributed by atoms with van der Waals surface area (Å²) in [5.74, 6) is -0.704. The zero-order valence-electron chi connectivity index (χ0n) is 10.4. The molecule has 7 heteroatoms. The molecule has 0 spiro atoms. The first kappa shape index (κ1) is 14.7. The Morgan fingerprint density at radius 1 is 1.00 bits per heavy atom. The maximum atomic E-state index is 12.7. The minimum absolute atomic E-state index is 0.158. The molecule has 0 heterocycles. The van der Waals surface area contributed by atoms with Crippen molar-refractivity contribution in [2.75, 3.05) is 0 Å². The molecule has 108 valence electrons. The average Bonchev–Trinajstić information content (AvgIpc) is 2.46. The fraction of sp³-hybridized carbons (Fsp3) is 0.0714. The number of alkyl halides is 3. The maximum absolute atomic E-state index is 12.7. The average molecular weight is 295 g/mol. The molecule has 0 aliphatic rings. The topological polar surface area (TPSA) is 60.2 Å². The van der Waals surface area contributed by atoms with Crippen molar-refractivity contribution in [1.82, 2.24) is 0 Å². The van der Waals surface area contributed by atoms with E-state index in [-0.39, 0.29) is 11.1 Å². The number of nitro benzene ring substituents is 1. The highest BCUT2D eigenvalue weighted by Gasteiger charge is 2.33. The van der Waals surface area contributed by atoms with Gasteiger partial charge in [0.1, 0.15) is 0 Å². The predicted octanol–water partition coefficient (Wildman–Crippen LogP) is 3.84. The molecule has 0 N–H and O–H groups in total. The summed E-state index contributed by atoms with van der Waals surface area (Å²) in [6.07, 6.45) is -4.77. The SMILES string of the molecule is O=C(c1ccccc1)c1cc([N+](=O)[O-])cc(C(F)(F)F)c1. The van der Waals surface area contributed by atoms with Crippen LogP contribution in [0.1, 0.15) is 21.5 Å².